The molecule has 0 aromatic carbocycles. The Hall–Kier alpha value is -2.10. The average Bonchev–Trinajstić information content (AvgIpc) is 3.03. The maximum absolute atomic E-state index is 4.05. The van der Waals surface area contributed by atoms with Gasteiger partial charge in [0.2, 0.25) is 0 Å². The van der Waals surface area contributed by atoms with Gasteiger partial charge in [0, 0.05) is 36.2 Å². The van der Waals surface area contributed by atoms with Crippen molar-refractivity contribution in [2.75, 3.05) is 0 Å². The lowest BCUT2D eigenvalue weighted by atomic mass is 10.1. The van der Waals surface area contributed by atoms with Gasteiger partial charge in [-0.15, -0.1) is 0 Å². The first-order chi connectivity index (χ1) is 7.93. The predicted molar refractivity (Wildman–Crippen MR) is 62.2 cm³/mol. The van der Waals surface area contributed by atoms with Gasteiger partial charge < -0.3 is 9.13 Å². The Labute approximate surface area is 93.6 Å². The molecule has 0 saturated carbocycles. The SMILES string of the molecule is C1=C(n2ccnc2)CCC(n2ccnc2)=C1. The Morgan fingerprint density at radius 1 is 0.812 bits per heavy atom. The summed E-state index contributed by atoms with van der Waals surface area (Å²) in [6.07, 6.45) is 17.6. The van der Waals surface area contributed by atoms with Crippen molar-refractivity contribution < 1.29 is 0 Å². The molecule has 0 unspecified atom stereocenters. The van der Waals surface area contributed by atoms with E-state index in [1.807, 2.05) is 25.0 Å². The fourth-order valence-electron chi connectivity index (χ4n) is 1.90. The topological polar surface area (TPSA) is 35.6 Å². The van der Waals surface area contributed by atoms with Crippen molar-refractivity contribution in [3.8, 4) is 0 Å². The lowest BCUT2D eigenvalue weighted by molar-refractivity contribution is 0.897. The molecule has 1 aliphatic rings. The third-order valence-electron chi connectivity index (χ3n) is 2.78. The maximum atomic E-state index is 4.05. The summed E-state index contributed by atoms with van der Waals surface area (Å²) in [7, 11) is 0. The molecule has 2 aromatic heterocycles. The number of imidazole rings is 2. The van der Waals surface area contributed by atoms with E-state index in [0.29, 0.717) is 0 Å². The minimum atomic E-state index is 1.03. The summed E-state index contributed by atoms with van der Waals surface area (Å²) >= 11 is 0. The van der Waals surface area contributed by atoms with Gasteiger partial charge in [0.1, 0.15) is 0 Å². The van der Waals surface area contributed by atoms with Crippen LogP contribution < -0.4 is 0 Å². The smallest absolute Gasteiger partial charge is 0.0989 e. The molecule has 0 amide bonds. The highest BCUT2D eigenvalue weighted by Crippen LogP contribution is 2.24. The second-order valence-corrected chi connectivity index (χ2v) is 3.76. The van der Waals surface area contributed by atoms with E-state index >= 15 is 0 Å². The molecule has 3 rings (SSSR count). The summed E-state index contributed by atoms with van der Waals surface area (Å²) in [6.45, 7) is 0. The molecule has 80 valence electrons. The van der Waals surface area contributed by atoms with E-state index in [4.69, 9.17) is 0 Å². The molecule has 0 aliphatic heterocycles. The molecule has 0 radical (unpaired) electrons. The van der Waals surface area contributed by atoms with Crippen LogP contribution in [-0.4, -0.2) is 19.1 Å². The first-order valence-corrected chi connectivity index (χ1v) is 5.30. The van der Waals surface area contributed by atoms with E-state index < -0.39 is 0 Å². The molecule has 16 heavy (non-hydrogen) atoms. The Morgan fingerprint density at radius 3 is 1.62 bits per heavy atom. The molecular weight excluding hydrogens is 200 g/mol. The number of hydrogen-bond donors (Lipinski definition) is 0. The van der Waals surface area contributed by atoms with Gasteiger partial charge in [-0.05, 0) is 25.0 Å². The third kappa shape index (κ3) is 1.58. The van der Waals surface area contributed by atoms with Crippen LogP contribution in [0.1, 0.15) is 12.8 Å². The second kappa shape index (κ2) is 3.81. The number of aromatic nitrogens is 4. The summed E-state index contributed by atoms with van der Waals surface area (Å²) in [5.74, 6) is 0. The van der Waals surface area contributed by atoms with Crippen molar-refractivity contribution in [2.24, 2.45) is 0 Å². The molecule has 0 N–H and O–H groups in total. The first kappa shape index (κ1) is 9.15. The summed E-state index contributed by atoms with van der Waals surface area (Å²) in [5, 5.41) is 0. The molecule has 4 nitrogen and oxygen atoms in total. The van der Waals surface area contributed by atoms with Crippen molar-refractivity contribution in [1.29, 1.82) is 0 Å². The van der Waals surface area contributed by atoms with Gasteiger partial charge in [0.25, 0.3) is 0 Å². The van der Waals surface area contributed by atoms with Crippen LogP contribution in [0.25, 0.3) is 11.4 Å². The molecule has 0 saturated heterocycles. The molecule has 0 fully saturated rings. The van der Waals surface area contributed by atoms with E-state index in [9.17, 15) is 0 Å². The van der Waals surface area contributed by atoms with E-state index in [0.717, 1.165) is 12.8 Å². The van der Waals surface area contributed by atoms with Crippen molar-refractivity contribution in [3.63, 3.8) is 0 Å². The monoisotopic (exact) mass is 212 g/mol. The zero-order valence-electron chi connectivity index (χ0n) is 8.82. The molecule has 2 heterocycles. The number of hydrogen-bond acceptors (Lipinski definition) is 2. The quantitative estimate of drug-likeness (QED) is 0.765. The molecule has 2 aromatic rings. The highest BCUT2D eigenvalue weighted by molar-refractivity contribution is 5.61. The van der Waals surface area contributed by atoms with E-state index in [-0.39, 0.29) is 0 Å². The van der Waals surface area contributed by atoms with Gasteiger partial charge >= 0.3 is 0 Å². The van der Waals surface area contributed by atoms with Crippen LogP contribution in [0, 0.1) is 0 Å². The fourth-order valence-corrected chi connectivity index (χ4v) is 1.90. The van der Waals surface area contributed by atoms with Crippen LogP contribution in [0.2, 0.25) is 0 Å². The highest BCUT2D eigenvalue weighted by atomic mass is 15.0. The van der Waals surface area contributed by atoms with Gasteiger partial charge in [-0.3, -0.25) is 0 Å². The lowest BCUT2D eigenvalue weighted by Crippen LogP contribution is -2.02. The van der Waals surface area contributed by atoms with E-state index in [2.05, 4.69) is 31.3 Å². The summed E-state index contributed by atoms with van der Waals surface area (Å²) in [4.78, 5) is 8.11. The predicted octanol–water partition coefficient (Wildman–Crippen LogP) is 2.26. The average molecular weight is 212 g/mol. The Kier molecular flexibility index (Phi) is 2.18. The summed E-state index contributed by atoms with van der Waals surface area (Å²) in [6, 6.07) is 0. The first-order valence-electron chi connectivity index (χ1n) is 5.30. The van der Waals surface area contributed by atoms with Gasteiger partial charge in [0.15, 0.2) is 0 Å². The van der Waals surface area contributed by atoms with Crippen molar-refractivity contribution in [3.05, 3.63) is 49.6 Å². The zero-order valence-corrected chi connectivity index (χ0v) is 8.82. The maximum Gasteiger partial charge on any atom is 0.0989 e. The lowest BCUT2D eigenvalue weighted by Gasteiger charge is -2.15. The fraction of sp³-hybridized carbons (Fsp3) is 0.167. The third-order valence-corrected chi connectivity index (χ3v) is 2.78. The number of nitrogens with zero attached hydrogens (tertiary/aromatic N) is 4. The Bertz CT molecular complexity index is 467. The second-order valence-electron chi connectivity index (χ2n) is 3.76. The van der Waals surface area contributed by atoms with Crippen molar-refractivity contribution >= 4 is 11.4 Å². The van der Waals surface area contributed by atoms with Crippen LogP contribution in [0.5, 0.6) is 0 Å². The largest absolute Gasteiger partial charge is 0.310 e. The minimum Gasteiger partial charge on any atom is -0.310 e. The molecule has 0 spiro atoms. The van der Waals surface area contributed by atoms with Crippen LogP contribution >= 0.6 is 0 Å². The van der Waals surface area contributed by atoms with Gasteiger partial charge in [0.05, 0.1) is 12.7 Å². The minimum absolute atomic E-state index is 1.03. The molecule has 4 heteroatoms. The molecular formula is C12H12N4. The standard InChI is InChI=1S/C12H12N4/c1-2-12(16-8-6-14-10-16)4-3-11(1)15-7-5-13-9-15/h1-2,5-10H,3-4H2. The molecule has 0 atom stereocenters. The van der Waals surface area contributed by atoms with E-state index in [1.54, 1.807) is 12.4 Å². The van der Waals surface area contributed by atoms with Crippen molar-refractivity contribution in [2.45, 2.75) is 12.8 Å². The zero-order chi connectivity index (χ0) is 10.8. The van der Waals surface area contributed by atoms with Crippen LogP contribution in [-0.2, 0) is 0 Å². The Morgan fingerprint density at radius 2 is 1.31 bits per heavy atom. The molecule has 0 bridgehead atoms. The van der Waals surface area contributed by atoms with Crippen LogP contribution in [0.15, 0.2) is 49.6 Å². The van der Waals surface area contributed by atoms with Crippen LogP contribution in [0.4, 0.5) is 0 Å². The van der Waals surface area contributed by atoms with Crippen molar-refractivity contribution in [1.82, 2.24) is 19.1 Å². The van der Waals surface area contributed by atoms with Gasteiger partial charge in [-0.2, -0.15) is 0 Å². The summed E-state index contributed by atoms with van der Waals surface area (Å²) in [5.41, 5.74) is 2.56. The van der Waals surface area contributed by atoms with Gasteiger partial charge in [-0.25, -0.2) is 9.97 Å². The molecule has 1 aliphatic carbocycles. The Balaban J connectivity index is 1.88. The van der Waals surface area contributed by atoms with E-state index in [1.165, 1.54) is 11.4 Å². The number of rotatable bonds is 2. The van der Waals surface area contributed by atoms with Crippen LogP contribution in [0.3, 0.4) is 0 Å². The van der Waals surface area contributed by atoms with Gasteiger partial charge in [-0.1, -0.05) is 0 Å². The summed E-state index contributed by atoms with van der Waals surface area (Å²) < 4.78 is 4.11. The number of allylic oxidation sites excluding steroid dienone is 4. The normalized spacial score (nSPS) is 15.8. The highest BCUT2D eigenvalue weighted by Gasteiger charge is 2.08.